The van der Waals surface area contributed by atoms with Gasteiger partial charge in [-0.1, -0.05) is 36.9 Å². The fourth-order valence-electron chi connectivity index (χ4n) is 2.14. The van der Waals surface area contributed by atoms with Gasteiger partial charge < -0.3 is 11.1 Å². The molecule has 6 nitrogen and oxygen atoms in total. The van der Waals surface area contributed by atoms with Crippen LogP contribution in [0.4, 0.5) is 5.69 Å². The van der Waals surface area contributed by atoms with E-state index in [-0.39, 0.29) is 22.7 Å². The zero-order chi connectivity index (χ0) is 18.4. The SMILES string of the molecule is C=C(C[C@@H](C)c1cc(NC(=O)c2ccc(Cl)cn2)ccn1)SC(=N)N. The molecule has 0 aliphatic heterocycles. The third-order valence-electron chi connectivity index (χ3n) is 3.29. The number of amides is 1. The van der Waals surface area contributed by atoms with Gasteiger partial charge in [-0.3, -0.25) is 15.2 Å². The summed E-state index contributed by atoms with van der Waals surface area (Å²) in [5.74, 6) is -0.247. The highest BCUT2D eigenvalue weighted by Crippen LogP contribution is 2.28. The lowest BCUT2D eigenvalue weighted by molar-refractivity contribution is 0.102. The lowest BCUT2D eigenvalue weighted by Gasteiger charge is -2.13. The second-order valence-electron chi connectivity index (χ2n) is 5.40. The first kappa shape index (κ1) is 19.0. The number of pyridine rings is 2. The standard InChI is InChI=1S/C17H18ClN5OS/c1-10(7-11(2)25-17(19)20)15-8-13(5-6-21-15)23-16(24)14-4-3-12(18)9-22-14/h3-6,8-10H,2,7H2,1H3,(H3,19,20)(H,21,23,24)/t10-/m1/s1. The van der Waals surface area contributed by atoms with Gasteiger partial charge in [-0.2, -0.15) is 0 Å². The Bertz CT molecular complexity index is 794. The third kappa shape index (κ3) is 5.88. The minimum absolute atomic E-state index is 0.0154. The highest BCUT2D eigenvalue weighted by Gasteiger charge is 2.13. The van der Waals surface area contributed by atoms with E-state index in [2.05, 4.69) is 21.9 Å². The molecule has 0 bridgehead atoms. The lowest BCUT2D eigenvalue weighted by Crippen LogP contribution is -2.14. The predicted molar refractivity (Wildman–Crippen MR) is 103 cm³/mol. The molecule has 0 aromatic carbocycles. The quantitative estimate of drug-likeness (QED) is 0.522. The van der Waals surface area contributed by atoms with Crippen LogP contribution < -0.4 is 11.1 Å². The van der Waals surface area contributed by atoms with Gasteiger partial charge in [0.1, 0.15) is 5.69 Å². The minimum Gasteiger partial charge on any atom is -0.378 e. The Morgan fingerprint density at radius 3 is 2.84 bits per heavy atom. The molecule has 0 unspecified atom stereocenters. The summed E-state index contributed by atoms with van der Waals surface area (Å²) in [5.41, 5.74) is 7.08. The highest BCUT2D eigenvalue weighted by atomic mass is 35.5. The number of aromatic nitrogens is 2. The van der Waals surface area contributed by atoms with Gasteiger partial charge in [0.25, 0.3) is 5.91 Å². The number of nitrogens with one attached hydrogen (secondary N) is 2. The van der Waals surface area contributed by atoms with Crippen LogP contribution in [0.3, 0.4) is 0 Å². The van der Waals surface area contributed by atoms with Crippen molar-refractivity contribution in [1.82, 2.24) is 9.97 Å². The zero-order valence-electron chi connectivity index (χ0n) is 13.6. The molecule has 2 aromatic rings. The lowest BCUT2D eigenvalue weighted by atomic mass is 10.0. The Kier molecular flexibility index (Phi) is 6.55. The molecule has 0 radical (unpaired) electrons. The van der Waals surface area contributed by atoms with E-state index >= 15 is 0 Å². The molecule has 2 rings (SSSR count). The summed E-state index contributed by atoms with van der Waals surface area (Å²) in [6, 6.07) is 6.70. The Morgan fingerprint density at radius 2 is 2.20 bits per heavy atom. The average Bonchev–Trinajstić information content (AvgIpc) is 2.54. The first-order valence-electron chi connectivity index (χ1n) is 7.43. The topological polar surface area (TPSA) is 105 Å². The Hall–Kier alpha value is -2.38. The number of amidine groups is 1. The zero-order valence-corrected chi connectivity index (χ0v) is 15.2. The van der Waals surface area contributed by atoms with Crippen LogP contribution in [0, 0.1) is 5.41 Å². The van der Waals surface area contributed by atoms with Crippen molar-refractivity contribution in [3.8, 4) is 0 Å². The van der Waals surface area contributed by atoms with Crippen LogP contribution in [0.5, 0.6) is 0 Å². The van der Waals surface area contributed by atoms with E-state index < -0.39 is 0 Å². The molecule has 2 heterocycles. The molecule has 2 aromatic heterocycles. The normalized spacial score (nSPS) is 11.6. The smallest absolute Gasteiger partial charge is 0.274 e. The highest BCUT2D eigenvalue weighted by molar-refractivity contribution is 8.16. The number of anilines is 1. The van der Waals surface area contributed by atoms with Crippen LogP contribution >= 0.6 is 23.4 Å². The molecule has 1 amide bonds. The molecule has 0 saturated heterocycles. The van der Waals surface area contributed by atoms with E-state index in [1.54, 1.807) is 24.4 Å². The fourth-order valence-corrected chi connectivity index (χ4v) is 2.90. The van der Waals surface area contributed by atoms with Gasteiger partial charge >= 0.3 is 0 Å². The molecule has 0 aliphatic rings. The van der Waals surface area contributed by atoms with Crippen molar-refractivity contribution in [2.24, 2.45) is 5.73 Å². The number of thioether (sulfide) groups is 1. The molecule has 0 fully saturated rings. The van der Waals surface area contributed by atoms with Gasteiger partial charge in [-0.05, 0) is 35.6 Å². The maximum atomic E-state index is 12.2. The Morgan fingerprint density at radius 1 is 1.44 bits per heavy atom. The number of nitrogens with two attached hydrogens (primary N) is 1. The fraction of sp³-hybridized carbons (Fsp3) is 0.176. The Balaban J connectivity index is 2.05. The van der Waals surface area contributed by atoms with Crippen LogP contribution in [-0.4, -0.2) is 21.0 Å². The number of allylic oxidation sites excluding steroid dienone is 1. The largest absolute Gasteiger partial charge is 0.378 e. The molecular formula is C17H18ClN5OS. The first-order chi connectivity index (χ1) is 11.8. The van der Waals surface area contributed by atoms with Crippen LogP contribution in [0.2, 0.25) is 5.02 Å². The summed E-state index contributed by atoms with van der Waals surface area (Å²) in [5, 5.41) is 10.6. The van der Waals surface area contributed by atoms with Gasteiger partial charge in [0.15, 0.2) is 5.17 Å². The third-order valence-corrected chi connectivity index (χ3v) is 4.19. The van der Waals surface area contributed by atoms with Crippen molar-refractivity contribution in [3.63, 3.8) is 0 Å². The van der Waals surface area contributed by atoms with E-state index in [1.807, 2.05) is 13.0 Å². The average molecular weight is 376 g/mol. The molecule has 1 atom stereocenters. The number of rotatable bonds is 6. The van der Waals surface area contributed by atoms with Crippen molar-refractivity contribution in [1.29, 1.82) is 5.41 Å². The van der Waals surface area contributed by atoms with E-state index in [0.717, 1.165) is 22.4 Å². The van der Waals surface area contributed by atoms with Gasteiger partial charge in [0.2, 0.25) is 0 Å². The predicted octanol–water partition coefficient (Wildman–Crippen LogP) is 4.02. The van der Waals surface area contributed by atoms with Crippen LogP contribution in [0.15, 0.2) is 48.1 Å². The Labute approximate surface area is 155 Å². The summed E-state index contributed by atoms with van der Waals surface area (Å²) in [6.45, 7) is 5.90. The molecule has 0 spiro atoms. The maximum Gasteiger partial charge on any atom is 0.274 e. The van der Waals surface area contributed by atoms with Crippen molar-refractivity contribution in [2.45, 2.75) is 19.3 Å². The van der Waals surface area contributed by atoms with Crippen molar-refractivity contribution in [3.05, 3.63) is 64.6 Å². The van der Waals surface area contributed by atoms with Gasteiger partial charge in [-0.15, -0.1) is 0 Å². The summed E-state index contributed by atoms with van der Waals surface area (Å²) < 4.78 is 0. The summed E-state index contributed by atoms with van der Waals surface area (Å²) in [7, 11) is 0. The van der Waals surface area contributed by atoms with Crippen molar-refractivity contribution in [2.75, 3.05) is 5.32 Å². The maximum absolute atomic E-state index is 12.2. The second kappa shape index (κ2) is 8.64. The summed E-state index contributed by atoms with van der Waals surface area (Å²) in [6.07, 6.45) is 3.69. The van der Waals surface area contributed by atoms with Gasteiger partial charge in [0, 0.05) is 29.7 Å². The first-order valence-corrected chi connectivity index (χ1v) is 8.63. The van der Waals surface area contributed by atoms with Crippen molar-refractivity contribution >= 4 is 40.1 Å². The van der Waals surface area contributed by atoms with Crippen LogP contribution in [0.25, 0.3) is 0 Å². The second-order valence-corrected chi connectivity index (χ2v) is 7.05. The number of halogens is 1. The molecule has 25 heavy (non-hydrogen) atoms. The van der Waals surface area contributed by atoms with Gasteiger partial charge in [-0.25, -0.2) is 4.98 Å². The van der Waals surface area contributed by atoms with E-state index in [0.29, 0.717) is 17.1 Å². The monoisotopic (exact) mass is 375 g/mol. The van der Waals surface area contributed by atoms with Crippen LogP contribution in [-0.2, 0) is 0 Å². The van der Waals surface area contributed by atoms with Gasteiger partial charge in [0.05, 0.1) is 5.02 Å². The molecule has 0 saturated carbocycles. The van der Waals surface area contributed by atoms with E-state index in [4.69, 9.17) is 22.7 Å². The summed E-state index contributed by atoms with van der Waals surface area (Å²) in [4.78, 5) is 21.3. The van der Waals surface area contributed by atoms with E-state index in [1.165, 1.54) is 6.20 Å². The minimum atomic E-state index is -0.321. The summed E-state index contributed by atoms with van der Waals surface area (Å²) >= 11 is 6.91. The molecule has 0 aliphatic carbocycles. The van der Waals surface area contributed by atoms with E-state index in [9.17, 15) is 4.79 Å². The number of carbonyl (C=O) groups excluding carboxylic acids is 1. The molecule has 4 N–H and O–H groups in total. The number of carbonyl (C=O) groups is 1. The molecular weight excluding hydrogens is 358 g/mol. The van der Waals surface area contributed by atoms with Crippen LogP contribution in [0.1, 0.15) is 35.4 Å². The number of hydrogen-bond donors (Lipinski definition) is 3. The molecule has 8 heteroatoms. The van der Waals surface area contributed by atoms with Crippen molar-refractivity contribution < 1.29 is 4.79 Å². The molecule has 130 valence electrons. The number of nitrogens with zero attached hydrogens (tertiary/aromatic N) is 2. The number of hydrogen-bond acceptors (Lipinski definition) is 5.